The van der Waals surface area contributed by atoms with Crippen molar-refractivity contribution in [1.29, 1.82) is 0 Å². The fourth-order valence-corrected chi connectivity index (χ4v) is 2.01. The molecule has 0 spiro atoms. The molecule has 0 heterocycles. The Kier molecular flexibility index (Phi) is 7.66. The summed E-state index contributed by atoms with van der Waals surface area (Å²) in [6, 6.07) is 6.50. The second-order valence-electron chi connectivity index (χ2n) is 4.05. The number of benzene rings is 1. The molecular formula is C12H19ClN2O3S. The lowest BCUT2D eigenvalue weighted by molar-refractivity contribution is -0.121. The van der Waals surface area contributed by atoms with Gasteiger partial charge in [-0.25, -0.2) is 8.42 Å². The van der Waals surface area contributed by atoms with Gasteiger partial charge < -0.3 is 10.6 Å². The van der Waals surface area contributed by atoms with Crippen LogP contribution >= 0.6 is 12.4 Å². The third-order valence-electron chi connectivity index (χ3n) is 2.44. The summed E-state index contributed by atoms with van der Waals surface area (Å²) in [4.78, 5) is 11.6. The molecule has 1 aromatic rings. The van der Waals surface area contributed by atoms with Gasteiger partial charge in [0.05, 0.1) is 4.90 Å². The van der Waals surface area contributed by atoms with Crippen molar-refractivity contribution in [3.63, 3.8) is 0 Å². The Bertz CT molecular complexity index is 500. The van der Waals surface area contributed by atoms with Gasteiger partial charge in [0.15, 0.2) is 9.84 Å². The molecule has 0 saturated carbocycles. The van der Waals surface area contributed by atoms with Crippen molar-refractivity contribution in [2.45, 2.75) is 17.9 Å². The molecule has 2 N–H and O–H groups in total. The molecule has 5 nitrogen and oxygen atoms in total. The van der Waals surface area contributed by atoms with Gasteiger partial charge in [-0.1, -0.05) is 12.1 Å². The standard InChI is InChI=1S/C12H18N2O3S.ClH/c1-13-8-7-12(15)14-9-10-3-5-11(6-4-10)18(2,16)17;/h3-6,13H,7-9H2,1-2H3,(H,14,15);1H. The smallest absolute Gasteiger partial charge is 0.221 e. The molecule has 1 rings (SSSR count). The summed E-state index contributed by atoms with van der Waals surface area (Å²) in [7, 11) is -1.37. The minimum atomic E-state index is -3.16. The van der Waals surface area contributed by atoms with E-state index in [2.05, 4.69) is 10.6 Å². The summed E-state index contributed by atoms with van der Waals surface area (Å²) < 4.78 is 22.5. The van der Waals surface area contributed by atoms with Crippen molar-refractivity contribution in [2.75, 3.05) is 19.8 Å². The number of amides is 1. The monoisotopic (exact) mass is 306 g/mol. The lowest BCUT2D eigenvalue weighted by Gasteiger charge is -2.06. The van der Waals surface area contributed by atoms with Gasteiger partial charge in [-0.15, -0.1) is 12.4 Å². The third-order valence-corrected chi connectivity index (χ3v) is 3.57. The second kappa shape index (κ2) is 8.14. The Balaban J connectivity index is 0.00000324. The molecule has 0 atom stereocenters. The van der Waals surface area contributed by atoms with Gasteiger partial charge in [0, 0.05) is 25.8 Å². The molecule has 0 bridgehead atoms. The lowest BCUT2D eigenvalue weighted by atomic mass is 10.2. The Labute approximate surface area is 120 Å². The first-order chi connectivity index (χ1) is 8.43. The Morgan fingerprint density at radius 3 is 2.26 bits per heavy atom. The highest BCUT2D eigenvalue weighted by atomic mass is 35.5. The van der Waals surface area contributed by atoms with E-state index in [9.17, 15) is 13.2 Å². The van der Waals surface area contributed by atoms with Crippen LogP contribution in [0.3, 0.4) is 0 Å². The van der Waals surface area contributed by atoms with E-state index in [1.165, 1.54) is 6.26 Å². The van der Waals surface area contributed by atoms with Crippen LogP contribution < -0.4 is 10.6 Å². The molecule has 0 unspecified atom stereocenters. The first-order valence-electron chi connectivity index (χ1n) is 5.64. The highest BCUT2D eigenvalue weighted by molar-refractivity contribution is 7.90. The Morgan fingerprint density at radius 1 is 1.21 bits per heavy atom. The largest absolute Gasteiger partial charge is 0.352 e. The molecule has 0 radical (unpaired) electrons. The van der Waals surface area contributed by atoms with Crippen LogP contribution in [0, 0.1) is 0 Å². The van der Waals surface area contributed by atoms with Crippen LogP contribution in [-0.2, 0) is 21.2 Å². The fourth-order valence-electron chi connectivity index (χ4n) is 1.38. The summed E-state index contributed by atoms with van der Waals surface area (Å²) in [5, 5.41) is 5.66. The highest BCUT2D eigenvalue weighted by Gasteiger charge is 2.06. The summed E-state index contributed by atoms with van der Waals surface area (Å²) in [6.07, 6.45) is 1.60. The van der Waals surface area contributed by atoms with Gasteiger partial charge in [0.1, 0.15) is 0 Å². The number of hydrogen-bond donors (Lipinski definition) is 2. The molecule has 0 aromatic heterocycles. The van der Waals surface area contributed by atoms with Crippen molar-refractivity contribution in [3.05, 3.63) is 29.8 Å². The van der Waals surface area contributed by atoms with Gasteiger partial charge in [-0.3, -0.25) is 4.79 Å². The number of carbonyl (C=O) groups excluding carboxylic acids is 1. The molecule has 108 valence electrons. The minimum Gasteiger partial charge on any atom is -0.352 e. The zero-order valence-corrected chi connectivity index (χ0v) is 12.6. The molecule has 0 aliphatic heterocycles. The predicted octanol–water partition coefficient (Wildman–Crippen LogP) is 0.738. The van der Waals surface area contributed by atoms with Crippen molar-refractivity contribution in [1.82, 2.24) is 10.6 Å². The predicted molar refractivity (Wildman–Crippen MR) is 77.2 cm³/mol. The summed E-state index contributed by atoms with van der Waals surface area (Å²) in [6.45, 7) is 1.05. The number of sulfone groups is 1. The third kappa shape index (κ3) is 6.56. The molecule has 19 heavy (non-hydrogen) atoms. The van der Waals surface area contributed by atoms with Crippen LogP contribution in [0.1, 0.15) is 12.0 Å². The van der Waals surface area contributed by atoms with E-state index in [1.54, 1.807) is 31.3 Å². The maximum atomic E-state index is 11.4. The number of hydrogen-bond acceptors (Lipinski definition) is 4. The molecule has 0 aliphatic rings. The van der Waals surface area contributed by atoms with E-state index in [4.69, 9.17) is 0 Å². The molecule has 0 fully saturated rings. The van der Waals surface area contributed by atoms with E-state index in [-0.39, 0.29) is 23.2 Å². The van der Waals surface area contributed by atoms with Crippen molar-refractivity contribution < 1.29 is 13.2 Å². The molecule has 1 amide bonds. The molecular weight excluding hydrogens is 288 g/mol. The molecule has 7 heteroatoms. The SMILES string of the molecule is CNCCC(=O)NCc1ccc(S(C)(=O)=O)cc1.Cl. The zero-order chi connectivity index (χ0) is 13.6. The second-order valence-corrected chi connectivity index (χ2v) is 6.06. The fraction of sp³-hybridized carbons (Fsp3) is 0.417. The lowest BCUT2D eigenvalue weighted by Crippen LogP contribution is -2.26. The normalized spacial score (nSPS) is 10.6. The maximum Gasteiger partial charge on any atom is 0.221 e. The average Bonchev–Trinajstić information content (AvgIpc) is 2.33. The van der Waals surface area contributed by atoms with Crippen molar-refractivity contribution >= 4 is 28.2 Å². The van der Waals surface area contributed by atoms with Crippen molar-refractivity contribution in [3.8, 4) is 0 Å². The van der Waals surface area contributed by atoms with E-state index < -0.39 is 9.84 Å². The molecule has 1 aromatic carbocycles. The van der Waals surface area contributed by atoms with Crippen molar-refractivity contribution in [2.24, 2.45) is 0 Å². The summed E-state index contributed by atoms with van der Waals surface area (Å²) in [5.74, 6) is -0.0310. The van der Waals surface area contributed by atoms with Gasteiger partial charge >= 0.3 is 0 Å². The first kappa shape index (κ1) is 17.9. The highest BCUT2D eigenvalue weighted by Crippen LogP contribution is 2.10. The Hall–Kier alpha value is -1.11. The first-order valence-corrected chi connectivity index (χ1v) is 7.53. The van der Waals surface area contributed by atoms with Crippen LogP contribution in [0.15, 0.2) is 29.2 Å². The molecule has 0 aliphatic carbocycles. The summed E-state index contributed by atoms with van der Waals surface area (Å²) in [5.41, 5.74) is 0.875. The average molecular weight is 307 g/mol. The van der Waals surface area contributed by atoms with Crippen LogP contribution in [0.2, 0.25) is 0 Å². The van der Waals surface area contributed by atoms with E-state index in [1.807, 2.05) is 0 Å². The number of rotatable bonds is 6. The Morgan fingerprint density at radius 2 is 1.79 bits per heavy atom. The minimum absolute atomic E-state index is 0. The quantitative estimate of drug-likeness (QED) is 0.813. The molecule has 0 saturated heterocycles. The van der Waals surface area contributed by atoms with E-state index in [0.29, 0.717) is 19.5 Å². The number of nitrogens with one attached hydrogen (secondary N) is 2. The van der Waals surface area contributed by atoms with Crippen LogP contribution in [0.25, 0.3) is 0 Å². The topological polar surface area (TPSA) is 75.3 Å². The van der Waals surface area contributed by atoms with Crippen LogP contribution in [-0.4, -0.2) is 34.2 Å². The van der Waals surface area contributed by atoms with Gasteiger partial charge in [-0.2, -0.15) is 0 Å². The maximum absolute atomic E-state index is 11.4. The van der Waals surface area contributed by atoms with Gasteiger partial charge in [0.2, 0.25) is 5.91 Å². The van der Waals surface area contributed by atoms with Crippen LogP contribution in [0.5, 0.6) is 0 Å². The number of halogens is 1. The van der Waals surface area contributed by atoms with Gasteiger partial charge in [-0.05, 0) is 24.7 Å². The van der Waals surface area contributed by atoms with Crippen LogP contribution in [0.4, 0.5) is 0 Å². The van der Waals surface area contributed by atoms with E-state index in [0.717, 1.165) is 5.56 Å². The number of carbonyl (C=O) groups is 1. The van der Waals surface area contributed by atoms with Gasteiger partial charge in [0.25, 0.3) is 0 Å². The van der Waals surface area contributed by atoms with E-state index >= 15 is 0 Å². The summed E-state index contributed by atoms with van der Waals surface area (Å²) >= 11 is 0. The zero-order valence-electron chi connectivity index (χ0n) is 11.0.